The molecule has 0 spiro atoms. The van der Waals surface area contributed by atoms with Crippen LogP contribution in [0.2, 0.25) is 5.02 Å². The van der Waals surface area contributed by atoms with Crippen LogP contribution >= 0.6 is 11.6 Å². The van der Waals surface area contributed by atoms with Crippen molar-refractivity contribution in [1.29, 1.82) is 0 Å². The molecule has 1 atom stereocenters. The number of hydrogen-bond donors (Lipinski definition) is 1. The first-order valence-corrected chi connectivity index (χ1v) is 5.88. The van der Waals surface area contributed by atoms with E-state index < -0.39 is 0 Å². The van der Waals surface area contributed by atoms with Crippen molar-refractivity contribution >= 4 is 11.6 Å². The van der Waals surface area contributed by atoms with E-state index in [0.717, 1.165) is 10.6 Å². The molecule has 1 aromatic carbocycles. The molecule has 1 unspecified atom stereocenters. The molecular formula is C13H20ClNO. The fourth-order valence-electron chi connectivity index (χ4n) is 1.48. The molecule has 0 saturated carbocycles. The third-order valence-corrected chi connectivity index (χ3v) is 2.95. The summed E-state index contributed by atoms with van der Waals surface area (Å²) in [4.78, 5) is 0. The molecule has 2 N–H and O–H groups in total. The Morgan fingerprint density at radius 3 is 2.44 bits per heavy atom. The highest BCUT2D eigenvalue weighted by molar-refractivity contribution is 6.31. The van der Waals surface area contributed by atoms with Crippen LogP contribution < -0.4 is 5.73 Å². The highest BCUT2D eigenvalue weighted by Gasteiger charge is 2.24. The molecule has 0 aromatic heterocycles. The van der Waals surface area contributed by atoms with Crippen molar-refractivity contribution in [2.45, 2.75) is 33.5 Å². The Labute approximate surface area is 103 Å². The van der Waals surface area contributed by atoms with Crippen molar-refractivity contribution in [2.75, 3.05) is 6.54 Å². The van der Waals surface area contributed by atoms with E-state index in [-0.39, 0.29) is 11.5 Å². The third-order valence-electron chi connectivity index (χ3n) is 2.58. The standard InChI is InChI=1S/C13H20ClNO/c1-13(2,3)12(8-15)16-9-10-6-4-5-7-11(10)14/h4-7,12H,8-9,15H2,1-3H3. The lowest BCUT2D eigenvalue weighted by atomic mass is 9.89. The maximum absolute atomic E-state index is 6.05. The highest BCUT2D eigenvalue weighted by atomic mass is 35.5. The first-order chi connectivity index (χ1) is 7.45. The first kappa shape index (κ1) is 13.5. The van der Waals surface area contributed by atoms with Crippen LogP contribution in [-0.2, 0) is 11.3 Å². The predicted molar refractivity (Wildman–Crippen MR) is 68.5 cm³/mol. The minimum atomic E-state index is 0.0452. The van der Waals surface area contributed by atoms with E-state index in [2.05, 4.69) is 20.8 Å². The number of ether oxygens (including phenoxy) is 1. The molecule has 90 valence electrons. The van der Waals surface area contributed by atoms with Crippen molar-refractivity contribution in [3.05, 3.63) is 34.9 Å². The molecule has 1 aromatic rings. The van der Waals surface area contributed by atoms with Gasteiger partial charge in [0.2, 0.25) is 0 Å². The summed E-state index contributed by atoms with van der Waals surface area (Å²) in [6.07, 6.45) is 0.0452. The summed E-state index contributed by atoms with van der Waals surface area (Å²) < 4.78 is 5.81. The zero-order chi connectivity index (χ0) is 12.2. The van der Waals surface area contributed by atoms with E-state index in [1.807, 2.05) is 24.3 Å². The van der Waals surface area contributed by atoms with Gasteiger partial charge < -0.3 is 10.5 Å². The maximum atomic E-state index is 6.05. The monoisotopic (exact) mass is 241 g/mol. The average molecular weight is 242 g/mol. The summed E-state index contributed by atoms with van der Waals surface area (Å²) in [6, 6.07) is 7.71. The topological polar surface area (TPSA) is 35.2 Å². The fraction of sp³-hybridized carbons (Fsp3) is 0.538. The van der Waals surface area contributed by atoms with E-state index in [1.165, 1.54) is 0 Å². The van der Waals surface area contributed by atoms with Gasteiger partial charge in [0.05, 0.1) is 12.7 Å². The molecule has 0 heterocycles. The van der Waals surface area contributed by atoms with Gasteiger partial charge in [-0.25, -0.2) is 0 Å². The number of rotatable bonds is 4. The second kappa shape index (κ2) is 5.67. The van der Waals surface area contributed by atoms with E-state index in [0.29, 0.717) is 13.2 Å². The Kier molecular flexibility index (Phi) is 4.78. The van der Waals surface area contributed by atoms with Crippen molar-refractivity contribution < 1.29 is 4.74 Å². The Balaban J connectivity index is 2.60. The average Bonchev–Trinajstić information content (AvgIpc) is 2.19. The van der Waals surface area contributed by atoms with Gasteiger partial charge in [-0.2, -0.15) is 0 Å². The molecule has 0 radical (unpaired) electrons. The summed E-state index contributed by atoms with van der Waals surface area (Å²) >= 11 is 6.05. The van der Waals surface area contributed by atoms with Crippen LogP contribution in [0.4, 0.5) is 0 Å². The van der Waals surface area contributed by atoms with Crippen LogP contribution in [0.25, 0.3) is 0 Å². The highest BCUT2D eigenvalue weighted by Crippen LogP contribution is 2.24. The van der Waals surface area contributed by atoms with Crippen LogP contribution in [0.1, 0.15) is 26.3 Å². The number of nitrogens with two attached hydrogens (primary N) is 1. The molecular weight excluding hydrogens is 222 g/mol. The van der Waals surface area contributed by atoms with Crippen LogP contribution in [0.3, 0.4) is 0 Å². The lowest BCUT2D eigenvalue weighted by Crippen LogP contribution is -2.36. The smallest absolute Gasteiger partial charge is 0.0749 e. The summed E-state index contributed by atoms with van der Waals surface area (Å²) in [6.45, 7) is 7.40. The quantitative estimate of drug-likeness (QED) is 0.879. The summed E-state index contributed by atoms with van der Waals surface area (Å²) in [5.74, 6) is 0. The van der Waals surface area contributed by atoms with Crippen molar-refractivity contribution in [2.24, 2.45) is 11.1 Å². The molecule has 0 aliphatic heterocycles. The number of hydrogen-bond acceptors (Lipinski definition) is 2. The van der Waals surface area contributed by atoms with E-state index in [9.17, 15) is 0 Å². The van der Waals surface area contributed by atoms with Crippen molar-refractivity contribution in [1.82, 2.24) is 0 Å². The van der Waals surface area contributed by atoms with Crippen LogP contribution in [0, 0.1) is 5.41 Å². The van der Waals surface area contributed by atoms with Gasteiger partial charge in [-0.3, -0.25) is 0 Å². The molecule has 0 aliphatic carbocycles. The van der Waals surface area contributed by atoms with Crippen LogP contribution in [0.5, 0.6) is 0 Å². The van der Waals surface area contributed by atoms with E-state index >= 15 is 0 Å². The Morgan fingerprint density at radius 1 is 1.31 bits per heavy atom. The van der Waals surface area contributed by atoms with Gasteiger partial charge in [0.15, 0.2) is 0 Å². The largest absolute Gasteiger partial charge is 0.372 e. The summed E-state index contributed by atoms with van der Waals surface area (Å²) in [7, 11) is 0. The molecule has 1 rings (SSSR count). The molecule has 3 heteroatoms. The molecule has 0 bridgehead atoms. The second-order valence-electron chi connectivity index (χ2n) is 4.99. The Hall–Kier alpha value is -0.570. The van der Waals surface area contributed by atoms with Gasteiger partial charge in [0.25, 0.3) is 0 Å². The molecule has 0 aliphatic rings. The van der Waals surface area contributed by atoms with Gasteiger partial charge in [-0.1, -0.05) is 50.6 Å². The van der Waals surface area contributed by atoms with Gasteiger partial charge >= 0.3 is 0 Å². The lowest BCUT2D eigenvalue weighted by molar-refractivity contribution is -0.0216. The summed E-state index contributed by atoms with van der Waals surface area (Å²) in [5, 5.41) is 0.743. The van der Waals surface area contributed by atoms with Crippen LogP contribution in [-0.4, -0.2) is 12.6 Å². The van der Waals surface area contributed by atoms with Gasteiger partial charge in [-0.15, -0.1) is 0 Å². The van der Waals surface area contributed by atoms with Crippen molar-refractivity contribution in [3.63, 3.8) is 0 Å². The summed E-state index contributed by atoms with van der Waals surface area (Å²) in [5.41, 5.74) is 6.76. The molecule has 0 amide bonds. The van der Waals surface area contributed by atoms with Gasteiger partial charge in [-0.05, 0) is 17.0 Å². The van der Waals surface area contributed by atoms with Crippen LogP contribution in [0.15, 0.2) is 24.3 Å². The number of benzene rings is 1. The minimum Gasteiger partial charge on any atom is -0.372 e. The predicted octanol–water partition coefficient (Wildman–Crippen LogP) is 3.23. The first-order valence-electron chi connectivity index (χ1n) is 5.50. The van der Waals surface area contributed by atoms with E-state index in [4.69, 9.17) is 22.1 Å². The zero-order valence-corrected chi connectivity index (χ0v) is 10.9. The lowest BCUT2D eigenvalue weighted by Gasteiger charge is -2.29. The number of halogens is 1. The van der Waals surface area contributed by atoms with Gasteiger partial charge in [0, 0.05) is 11.6 Å². The molecule has 16 heavy (non-hydrogen) atoms. The van der Waals surface area contributed by atoms with Gasteiger partial charge in [0.1, 0.15) is 0 Å². The Bertz CT molecular complexity index is 333. The normalized spacial score (nSPS) is 13.8. The second-order valence-corrected chi connectivity index (χ2v) is 5.40. The maximum Gasteiger partial charge on any atom is 0.0749 e. The third kappa shape index (κ3) is 3.78. The Morgan fingerprint density at radius 2 is 1.94 bits per heavy atom. The molecule has 2 nitrogen and oxygen atoms in total. The van der Waals surface area contributed by atoms with Crippen molar-refractivity contribution in [3.8, 4) is 0 Å². The zero-order valence-electron chi connectivity index (χ0n) is 10.2. The van der Waals surface area contributed by atoms with E-state index in [1.54, 1.807) is 0 Å². The fourth-order valence-corrected chi connectivity index (χ4v) is 1.67. The molecule has 0 fully saturated rings. The minimum absolute atomic E-state index is 0.0452. The SMILES string of the molecule is CC(C)(C)C(CN)OCc1ccccc1Cl. The molecule has 0 saturated heterocycles.